The summed E-state index contributed by atoms with van der Waals surface area (Å²) >= 11 is 1.45. The first kappa shape index (κ1) is 20.6. The average molecular weight is 421 g/mol. The molecule has 0 amide bonds. The topological polar surface area (TPSA) is 92.5 Å². The van der Waals surface area contributed by atoms with E-state index in [1.165, 1.54) is 30.2 Å². The standard InChI is InChI=1S/C18H24N6O2S2/c1-12(2)14-11-20-24-16(14)21-18(27-5)22-17(24)19-10-13-8-6-7-9-15(13)28(25,26)23(3)4/h6-9,11-12H,10H2,1-5H3,(H,19,21,22). The Labute approximate surface area is 169 Å². The van der Waals surface area contributed by atoms with E-state index in [0.717, 1.165) is 11.2 Å². The van der Waals surface area contributed by atoms with Crippen LogP contribution in [0.2, 0.25) is 0 Å². The van der Waals surface area contributed by atoms with Crippen molar-refractivity contribution in [2.24, 2.45) is 0 Å². The molecule has 3 rings (SSSR count). The maximum Gasteiger partial charge on any atom is 0.242 e. The van der Waals surface area contributed by atoms with Gasteiger partial charge in [0.25, 0.3) is 0 Å². The van der Waals surface area contributed by atoms with Crippen molar-refractivity contribution in [2.45, 2.75) is 36.4 Å². The lowest BCUT2D eigenvalue weighted by Gasteiger charge is -2.16. The molecule has 3 aromatic rings. The van der Waals surface area contributed by atoms with Crippen LogP contribution in [0, 0.1) is 0 Å². The second-order valence-corrected chi connectivity index (χ2v) is 9.67. The van der Waals surface area contributed by atoms with Gasteiger partial charge in [-0.15, -0.1) is 0 Å². The van der Waals surface area contributed by atoms with E-state index in [2.05, 4.69) is 34.2 Å². The Bertz CT molecular complexity index is 1090. The van der Waals surface area contributed by atoms with E-state index in [1.54, 1.807) is 28.9 Å². The summed E-state index contributed by atoms with van der Waals surface area (Å²) < 4.78 is 28.1. The zero-order valence-electron chi connectivity index (χ0n) is 16.5. The first-order valence-corrected chi connectivity index (χ1v) is 11.5. The third-order valence-corrected chi connectivity index (χ3v) is 6.81. The molecule has 0 radical (unpaired) electrons. The fourth-order valence-electron chi connectivity index (χ4n) is 2.76. The highest BCUT2D eigenvalue weighted by atomic mass is 32.2. The molecule has 8 nitrogen and oxygen atoms in total. The number of benzene rings is 1. The van der Waals surface area contributed by atoms with Crippen LogP contribution in [-0.2, 0) is 16.6 Å². The number of fused-ring (bicyclic) bond motifs is 1. The summed E-state index contributed by atoms with van der Waals surface area (Å²) in [5, 5.41) is 8.29. The van der Waals surface area contributed by atoms with E-state index in [-0.39, 0.29) is 10.8 Å². The molecule has 10 heteroatoms. The van der Waals surface area contributed by atoms with Crippen LogP contribution in [0.5, 0.6) is 0 Å². The smallest absolute Gasteiger partial charge is 0.242 e. The summed E-state index contributed by atoms with van der Waals surface area (Å²) in [6.45, 7) is 4.47. The first-order valence-electron chi connectivity index (χ1n) is 8.79. The van der Waals surface area contributed by atoms with E-state index in [4.69, 9.17) is 0 Å². The van der Waals surface area contributed by atoms with Crippen LogP contribution >= 0.6 is 11.8 Å². The fraction of sp³-hybridized carbons (Fsp3) is 0.389. The minimum absolute atomic E-state index is 0.270. The molecule has 0 saturated carbocycles. The summed E-state index contributed by atoms with van der Waals surface area (Å²) in [6.07, 6.45) is 3.72. The van der Waals surface area contributed by atoms with Gasteiger partial charge < -0.3 is 5.32 Å². The Morgan fingerprint density at radius 1 is 1.21 bits per heavy atom. The van der Waals surface area contributed by atoms with Crippen LogP contribution in [0.3, 0.4) is 0 Å². The van der Waals surface area contributed by atoms with Gasteiger partial charge in [0.15, 0.2) is 10.8 Å². The molecule has 2 heterocycles. The lowest BCUT2D eigenvalue weighted by atomic mass is 10.1. The minimum atomic E-state index is -3.54. The normalized spacial score (nSPS) is 12.2. The van der Waals surface area contributed by atoms with Crippen LogP contribution in [0.25, 0.3) is 5.65 Å². The third kappa shape index (κ3) is 3.85. The van der Waals surface area contributed by atoms with Crippen LogP contribution in [0.15, 0.2) is 40.5 Å². The predicted octanol–water partition coefficient (Wildman–Crippen LogP) is 2.83. The first-order chi connectivity index (χ1) is 13.3. The molecule has 0 atom stereocenters. The molecule has 0 aliphatic carbocycles. The lowest BCUT2D eigenvalue weighted by Crippen LogP contribution is -2.24. The molecule has 0 bridgehead atoms. The van der Waals surface area contributed by atoms with Crippen molar-refractivity contribution < 1.29 is 8.42 Å². The van der Waals surface area contributed by atoms with Gasteiger partial charge in [0, 0.05) is 26.2 Å². The Morgan fingerprint density at radius 2 is 1.93 bits per heavy atom. The number of thioether (sulfide) groups is 1. The summed E-state index contributed by atoms with van der Waals surface area (Å²) in [6, 6.07) is 6.94. The van der Waals surface area contributed by atoms with Crippen LogP contribution in [0.4, 0.5) is 5.95 Å². The van der Waals surface area contributed by atoms with E-state index >= 15 is 0 Å². The second-order valence-electron chi connectivity index (χ2n) is 6.77. The van der Waals surface area contributed by atoms with Gasteiger partial charge in [-0.1, -0.05) is 43.8 Å². The van der Waals surface area contributed by atoms with Crippen molar-refractivity contribution in [3.05, 3.63) is 41.6 Å². The van der Waals surface area contributed by atoms with Gasteiger partial charge in [0.2, 0.25) is 16.0 Å². The maximum atomic E-state index is 12.6. The second kappa shape index (κ2) is 8.06. The molecule has 2 aromatic heterocycles. The summed E-state index contributed by atoms with van der Waals surface area (Å²) in [4.78, 5) is 9.37. The molecule has 150 valence electrons. The van der Waals surface area contributed by atoms with Crippen molar-refractivity contribution in [2.75, 3.05) is 25.7 Å². The molecule has 1 aromatic carbocycles. The number of anilines is 1. The van der Waals surface area contributed by atoms with Crippen molar-refractivity contribution in [1.82, 2.24) is 23.9 Å². The van der Waals surface area contributed by atoms with Gasteiger partial charge in [-0.3, -0.25) is 0 Å². The van der Waals surface area contributed by atoms with Gasteiger partial charge in [0.05, 0.1) is 11.1 Å². The average Bonchev–Trinajstić information content (AvgIpc) is 3.10. The monoisotopic (exact) mass is 420 g/mol. The third-order valence-electron chi connectivity index (χ3n) is 4.35. The summed E-state index contributed by atoms with van der Waals surface area (Å²) in [5.41, 5.74) is 2.45. The molecule has 0 spiro atoms. The number of sulfonamides is 1. The summed E-state index contributed by atoms with van der Waals surface area (Å²) in [7, 11) is -0.494. The van der Waals surface area contributed by atoms with E-state index in [0.29, 0.717) is 23.2 Å². The number of nitrogens with zero attached hydrogens (tertiary/aromatic N) is 5. The highest BCUT2D eigenvalue weighted by Crippen LogP contribution is 2.24. The molecular formula is C18H24N6O2S2. The molecule has 1 N–H and O–H groups in total. The zero-order chi connectivity index (χ0) is 20.5. The van der Waals surface area contributed by atoms with E-state index in [1.807, 2.05) is 12.3 Å². The van der Waals surface area contributed by atoms with Crippen molar-refractivity contribution in [1.29, 1.82) is 0 Å². The number of aromatic nitrogens is 4. The quantitative estimate of drug-likeness (QED) is 0.588. The Morgan fingerprint density at radius 3 is 2.57 bits per heavy atom. The highest BCUT2D eigenvalue weighted by Gasteiger charge is 2.21. The lowest BCUT2D eigenvalue weighted by molar-refractivity contribution is 0.519. The summed E-state index contributed by atoms with van der Waals surface area (Å²) in [5.74, 6) is 0.805. The van der Waals surface area contributed by atoms with Gasteiger partial charge >= 0.3 is 0 Å². The van der Waals surface area contributed by atoms with Crippen molar-refractivity contribution >= 4 is 33.4 Å². The molecule has 0 fully saturated rings. The van der Waals surface area contributed by atoms with E-state index < -0.39 is 10.0 Å². The molecule has 0 aliphatic heterocycles. The van der Waals surface area contributed by atoms with Crippen LogP contribution in [-0.4, -0.2) is 52.7 Å². The SMILES string of the molecule is CSc1nc(NCc2ccccc2S(=O)(=O)N(C)C)n2ncc(C(C)C)c2n1. The molecule has 0 saturated heterocycles. The van der Waals surface area contributed by atoms with Gasteiger partial charge in [-0.2, -0.15) is 14.6 Å². The zero-order valence-corrected chi connectivity index (χ0v) is 18.2. The predicted molar refractivity (Wildman–Crippen MR) is 111 cm³/mol. The molecule has 0 unspecified atom stereocenters. The van der Waals surface area contributed by atoms with Crippen LogP contribution in [0.1, 0.15) is 30.9 Å². The Hall–Kier alpha value is -2.17. The largest absolute Gasteiger partial charge is 0.350 e. The van der Waals surface area contributed by atoms with Gasteiger partial charge in [0.1, 0.15) is 0 Å². The van der Waals surface area contributed by atoms with Crippen molar-refractivity contribution in [3.8, 4) is 0 Å². The molecular weight excluding hydrogens is 396 g/mol. The fourth-order valence-corrected chi connectivity index (χ4v) is 4.23. The Kier molecular flexibility index (Phi) is 5.92. The maximum absolute atomic E-state index is 12.6. The number of nitrogens with one attached hydrogen (secondary N) is 1. The van der Waals surface area contributed by atoms with Gasteiger partial charge in [-0.25, -0.2) is 17.7 Å². The van der Waals surface area contributed by atoms with Crippen molar-refractivity contribution in [3.63, 3.8) is 0 Å². The van der Waals surface area contributed by atoms with Gasteiger partial charge in [-0.05, 0) is 23.8 Å². The van der Waals surface area contributed by atoms with Crippen LogP contribution < -0.4 is 5.32 Å². The number of rotatable bonds is 7. The minimum Gasteiger partial charge on any atom is -0.350 e. The number of hydrogen-bond donors (Lipinski definition) is 1. The molecule has 0 aliphatic rings. The highest BCUT2D eigenvalue weighted by molar-refractivity contribution is 7.98. The molecule has 28 heavy (non-hydrogen) atoms. The van der Waals surface area contributed by atoms with E-state index in [9.17, 15) is 8.42 Å². The Balaban J connectivity index is 2.00. The number of hydrogen-bond acceptors (Lipinski definition) is 7.